The highest BCUT2D eigenvalue weighted by atomic mass is 79.9. The molecule has 0 saturated carbocycles. The highest BCUT2D eigenvalue weighted by Crippen LogP contribution is 2.20. The highest BCUT2D eigenvalue weighted by molar-refractivity contribution is 9.10. The fourth-order valence-electron chi connectivity index (χ4n) is 0.814. The van der Waals surface area contributed by atoms with Crippen LogP contribution < -0.4 is 0 Å². The summed E-state index contributed by atoms with van der Waals surface area (Å²) in [7, 11) is 0. The molecule has 3 heteroatoms. The minimum Gasteiger partial charge on any atom is -0.122 e. The smallest absolute Gasteiger partial charge is 0.0485 e. The molecule has 0 fully saturated rings. The van der Waals surface area contributed by atoms with Gasteiger partial charge < -0.3 is 0 Å². The molecule has 60 valence electrons. The van der Waals surface area contributed by atoms with E-state index in [4.69, 9.17) is 23.2 Å². The lowest BCUT2D eigenvalue weighted by Crippen LogP contribution is -1.84. The van der Waals surface area contributed by atoms with Gasteiger partial charge in [0.2, 0.25) is 0 Å². The molecule has 1 rings (SSSR count). The Balaban J connectivity index is 3.02. The van der Waals surface area contributed by atoms with Crippen molar-refractivity contribution in [2.75, 3.05) is 0 Å². The van der Waals surface area contributed by atoms with Crippen molar-refractivity contribution in [3.05, 3.63) is 33.8 Å². The van der Waals surface area contributed by atoms with Crippen molar-refractivity contribution in [1.82, 2.24) is 0 Å². The number of hydrogen-bond acceptors (Lipinski definition) is 0. The highest BCUT2D eigenvalue weighted by Gasteiger charge is 1.98. The van der Waals surface area contributed by atoms with Crippen LogP contribution in [-0.4, -0.2) is 0 Å². The van der Waals surface area contributed by atoms with E-state index in [-0.39, 0.29) is 0 Å². The van der Waals surface area contributed by atoms with Crippen molar-refractivity contribution in [2.45, 2.75) is 11.8 Å². The largest absolute Gasteiger partial charge is 0.122 e. The van der Waals surface area contributed by atoms with Crippen molar-refractivity contribution in [3.63, 3.8) is 0 Å². The lowest BCUT2D eigenvalue weighted by atomic mass is 10.2. The van der Waals surface area contributed by atoms with Gasteiger partial charge in [0.1, 0.15) is 0 Å². The van der Waals surface area contributed by atoms with Crippen LogP contribution in [0.15, 0.2) is 22.7 Å². The van der Waals surface area contributed by atoms with E-state index >= 15 is 0 Å². The van der Waals surface area contributed by atoms with E-state index in [1.54, 1.807) is 0 Å². The zero-order valence-electron chi connectivity index (χ0n) is 5.78. The van der Waals surface area contributed by atoms with E-state index in [0.717, 1.165) is 15.6 Å². The molecule has 0 aromatic heterocycles. The van der Waals surface area contributed by atoms with E-state index in [9.17, 15) is 0 Å². The van der Waals surface area contributed by atoms with Crippen LogP contribution >= 0.6 is 39.1 Å². The second kappa shape index (κ2) is 4.34. The number of alkyl halides is 2. The Labute approximate surface area is 84.6 Å². The van der Waals surface area contributed by atoms with Gasteiger partial charge in [-0.15, -0.1) is 23.2 Å². The summed E-state index contributed by atoms with van der Waals surface area (Å²) in [6.07, 6.45) is 0. The topological polar surface area (TPSA) is 0 Å². The SMILES string of the molecule is ClCc1ccc(Br)c(CCl)c1. The van der Waals surface area contributed by atoms with Gasteiger partial charge in [-0.2, -0.15) is 0 Å². The predicted molar refractivity (Wildman–Crippen MR) is 53.3 cm³/mol. The van der Waals surface area contributed by atoms with E-state index in [1.165, 1.54) is 0 Å². The van der Waals surface area contributed by atoms with Crippen molar-refractivity contribution in [1.29, 1.82) is 0 Å². The van der Waals surface area contributed by atoms with Crippen LogP contribution in [0.2, 0.25) is 0 Å². The molecule has 0 amide bonds. The third-order valence-corrected chi connectivity index (χ3v) is 2.78. The van der Waals surface area contributed by atoms with Gasteiger partial charge in [-0.3, -0.25) is 0 Å². The second-order valence-corrected chi connectivity index (χ2v) is 3.58. The Bertz CT molecular complexity index is 248. The Hall–Kier alpha value is 0.280. The Morgan fingerprint density at radius 3 is 2.45 bits per heavy atom. The summed E-state index contributed by atoms with van der Waals surface area (Å²) in [6.45, 7) is 0. The van der Waals surface area contributed by atoms with E-state index < -0.39 is 0 Å². The number of hydrogen-bond donors (Lipinski definition) is 0. The minimum atomic E-state index is 0.519. The minimum absolute atomic E-state index is 0.519. The summed E-state index contributed by atoms with van der Waals surface area (Å²) in [5.41, 5.74) is 2.19. The van der Waals surface area contributed by atoms with Crippen molar-refractivity contribution >= 4 is 39.1 Å². The fourth-order valence-corrected chi connectivity index (χ4v) is 1.75. The molecular formula is C8H7BrCl2. The molecule has 0 radical (unpaired) electrons. The standard InChI is InChI=1S/C8H7BrCl2/c9-8-2-1-6(4-10)3-7(8)5-11/h1-3H,4-5H2. The molecule has 0 bridgehead atoms. The Morgan fingerprint density at radius 1 is 1.18 bits per heavy atom. The van der Waals surface area contributed by atoms with Crippen LogP contribution in [0.1, 0.15) is 11.1 Å². The monoisotopic (exact) mass is 252 g/mol. The maximum absolute atomic E-state index is 5.69. The first kappa shape index (κ1) is 9.37. The van der Waals surface area contributed by atoms with Crippen LogP contribution in [0.25, 0.3) is 0 Å². The number of benzene rings is 1. The lowest BCUT2D eigenvalue weighted by molar-refractivity contribution is 1.30. The van der Waals surface area contributed by atoms with Crippen molar-refractivity contribution in [3.8, 4) is 0 Å². The number of rotatable bonds is 2. The molecule has 0 unspecified atom stereocenters. The average Bonchev–Trinajstić information content (AvgIpc) is 2.05. The summed E-state index contributed by atoms with van der Waals surface area (Å²) in [6, 6.07) is 5.95. The van der Waals surface area contributed by atoms with Crippen LogP contribution in [0, 0.1) is 0 Å². The van der Waals surface area contributed by atoms with Gasteiger partial charge in [0.15, 0.2) is 0 Å². The zero-order valence-corrected chi connectivity index (χ0v) is 8.88. The molecule has 0 N–H and O–H groups in total. The molecule has 1 aromatic rings. The zero-order chi connectivity index (χ0) is 8.27. The van der Waals surface area contributed by atoms with Gasteiger partial charge in [0.05, 0.1) is 0 Å². The van der Waals surface area contributed by atoms with Crippen molar-refractivity contribution < 1.29 is 0 Å². The van der Waals surface area contributed by atoms with Gasteiger partial charge in [-0.05, 0) is 17.2 Å². The molecule has 0 atom stereocenters. The molecule has 0 spiro atoms. The van der Waals surface area contributed by atoms with Crippen molar-refractivity contribution in [2.24, 2.45) is 0 Å². The normalized spacial score (nSPS) is 10.1. The Kier molecular flexibility index (Phi) is 3.70. The third-order valence-electron chi connectivity index (χ3n) is 1.41. The maximum atomic E-state index is 5.69. The molecule has 0 nitrogen and oxygen atoms in total. The summed E-state index contributed by atoms with van der Waals surface area (Å²) in [4.78, 5) is 0. The average molecular weight is 254 g/mol. The maximum Gasteiger partial charge on any atom is 0.0485 e. The van der Waals surface area contributed by atoms with Crippen LogP contribution in [-0.2, 0) is 11.8 Å². The third kappa shape index (κ3) is 2.36. The van der Waals surface area contributed by atoms with E-state index in [2.05, 4.69) is 15.9 Å². The van der Waals surface area contributed by atoms with E-state index in [0.29, 0.717) is 11.8 Å². The van der Waals surface area contributed by atoms with Gasteiger partial charge in [-0.1, -0.05) is 28.1 Å². The second-order valence-electron chi connectivity index (χ2n) is 2.19. The number of halogens is 3. The summed E-state index contributed by atoms with van der Waals surface area (Å²) >= 11 is 14.7. The molecule has 11 heavy (non-hydrogen) atoms. The molecular weight excluding hydrogens is 247 g/mol. The molecule has 0 heterocycles. The van der Waals surface area contributed by atoms with Crippen LogP contribution in [0.3, 0.4) is 0 Å². The summed E-state index contributed by atoms with van der Waals surface area (Å²) in [5, 5.41) is 0. The summed E-state index contributed by atoms with van der Waals surface area (Å²) < 4.78 is 1.04. The predicted octanol–water partition coefficient (Wildman–Crippen LogP) is 3.93. The van der Waals surface area contributed by atoms with Gasteiger partial charge >= 0.3 is 0 Å². The lowest BCUT2D eigenvalue weighted by Gasteiger charge is -2.01. The van der Waals surface area contributed by atoms with Crippen LogP contribution in [0.4, 0.5) is 0 Å². The first-order chi connectivity index (χ1) is 5.27. The quantitative estimate of drug-likeness (QED) is 0.701. The van der Waals surface area contributed by atoms with Crippen LogP contribution in [0.5, 0.6) is 0 Å². The molecule has 1 aromatic carbocycles. The van der Waals surface area contributed by atoms with Gasteiger partial charge in [0, 0.05) is 16.2 Å². The Morgan fingerprint density at radius 2 is 1.91 bits per heavy atom. The fraction of sp³-hybridized carbons (Fsp3) is 0.250. The molecule has 0 aliphatic rings. The molecule has 0 saturated heterocycles. The van der Waals surface area contributed by atoms with E-state index in [1.807, 2.05) is 18.2 Å². The van der Waals surface area contributed by atoms with Gasteiger partial charge in [-0.25, -0.2) is 0 Å². The molecule has 0 aliphatic carbocycles. The molecule has 0 aliphatic heterocycles. The first-order valence-corrected chi connectivity index (χ1v) is 5.03. The van der Waals surface area contributed by atoms with Gasteiger partial charge in [0.25, 0.3) is 0 Å². The summed E-state index contributed by atoms with van der Waals surface area (Å²) in [5.74, 6) is 1.06. The first-order valence-electron chi connectivity index (χ1n) is 3.17.